The van der Waals surface area contributed by atoms with E-state index in [0.29, 0.717) is 32.1 Å². The molecule has 0 fully saturated rings. The molecule has 24 heavy (non-hydrogen) atoms. The van der Waals surface area contributed by atoms with Crippen LogP contribution < -0.4 is 10.2 Å². The fourth-order valence-electron chi connectivity index (χ4n) is 2.85. The highest BCUT2D eigenvalue weighted by atomic mass is 16.6. The van der Waals surface area contributed by atoms with Crippen molar-refractivity contribution in [2.45, 2.75) is 13.0 Å². The van der Waals surface area contributed by atoms with E-state index in [1.807, 2.05) is 23.1 Å². The van der Waals surface area contributed by atoms with Gasteiger partial charge in [-0.2, -0.15) is 0 Å². The largest absolute Gasteiger partial charge is 0.383 e. The van der Waals surface area contributed by atoms with Crippen LogP contribution in [0.25, 0.3) is 0 Å². The molecular weight excluding hydrogens is 310 g/mol. The molecule has 8 heteroatoms. The molecule has 0 saturated heterocycles. The Morgan fingerprint density at radius 3 is 2.88 bits per heavy atom. The fourth-order valence-corrected chi connectivity index (χ4v) is 2.85. The molecule has 126 valence electrons. The van der Waals surface area contributed by atoms with Crippen molar-refractivity contribution in [3.63, 3.8) is 0 Å². The first kappa shape index (κ1) is 16.1. The highest BCUT2D eigenvalue weighted by Crippen LogP contribution is 2.34. The van der Waals surface area contributed by atoms with Gasteiger partial charge in [-0.05, 0) is 17.5 Å². The van der Waals surface area contributed by atoms with Crippen LogP contribution in [0.4, 0.5) is 17.3 Å². The number of hydrogen-bond acceptors (Lipinski definition) is 7. The number of hydrogen-bond donors (Lipinski definition) is 1. The van der Waals surface area contributed by atoms with Crippen molar-refractivity contribution in [2.24, 2.45) is 0 Å². The number of benzene rings is 1. The lowest BCUT2D eigenvalue weighted by molar-refractivity contribution is -0.383. The SMILES string of the molecule is COCCNc1ncnc(N2CCc3ccccc3C2)c1[N+](=O)[O-]. The van der Waals surface area contributed by atoms with Crippen molar-refractivity contribution >= 4 is 17.3 Å². The third kappa shape index (κ3) is 3.28. The minimum absolute atomic E-state index is 0.0898. The molecule has 8 nitrogen and oxygen atoms in total. The summed E-state index contributed by atoms with van der Waals surface area (Å²) in [6, 6.07) is 8.14. The third-order valence-electron chi connectivity index (χ3n) is 4.01. The normalized spacial score (nSPS) is 13.5. The maximum absolute atomic E-state index is 11.6. The Hall–Kier alpha value is -2.74. The van der Waals surface area contributed by atoms with Crippen molar-refractivity contribution in [2.75, 3.05) is 37.0 Å². The molecule has 0 unspecified atom stereocenters. The molecule has 1 aliphatic heterocycles. The van der Waals surface area contributed by atoms with E-state index in [2.05, 4.69) is 21.4 Å². The summed E-state index contributed by atoms with van der Waals surface area (Å²) >= 11 is 0. The predicted molar refractivity (Wildman–Crippen MR) is 90.2 cm³/mol. The molecule has 0 amide bonds. The maximum Gasteiger partial charge on any atom is 0.353 e. The Morgan fingerprint density at radius 1 is 1.33 bits per heavy atom. The third-order valence-corrected chi connectivity index (χ3v) is 4.01. The van der Waals surface area contributed by atoms with Gasteiger partial charge in [-0.25, -0.2) is 9.97 Å². The Labute approximate surface area is 139 Å². The molecule has 0 radical (unpaired) electrons. The Balaban J connectivity index is 1.90. The highest BCUT2D eigenvalue weighted by molar-refractivity contribution is 5.70. The predicted octanol–water partition coefficient (Wildman–Crippen LogP) is 2.01. The lowest BCUT2D eigenvalue weighted by Crippen LogP contribution is -2.31. The number of anilines is 2. The van der Waals surface area contributed by atoms with Crippen molar-refractivity contribution in [1.82, 2.24) is 9.97 Å². The van der Waals surface area contributed by atoms with E-state index >= 15 is 0 Å². The van der Waals surface area contributed by atoms with Crippen LogP contribution in [0.2, 0.25) is 0 Å². The van der Waals surface area contributed by atoms with E-state index in [1.54, 1.807) is 7.11 Å². The number of rotatable bonds is 6. The van der Waals surface area contributed by atoms with Crippen LogP contribution in [-0.2, 0) is 17.7 Å². The van der Waals surface area contributed by atoms with Crippen LogP contribution >= 0.6 is 0 Å². The molecule has 0 spiro atoms. The van der Waals surface area contributed by atoms with Gasteiger partial charge in [-0.1, -0.05) is 24.3 Å². The molecule has 0 atom stereocenters. The topological polar surface area (TPSA) is 93.4 Å². The molecule has 3 rings (SSSR count). The number of nitrogens with zero attached hydrogens (tertiary/aromatic N) is 4. The second-order valence-corrected chi connectivity index (χ2v) is 5.51. The summed E-state index contributed by atoms with van der Waals surface area (Å²) in [7, 11) is 1.58. The maximum atomic E-state index is 11.6. The molecule has 0 saturated carbocycles. The van der Waals surface area contributed by atoms with E-state index in [-0.39, 0.29) is 11.5 Å². The van der Waals surface area contributed by atoms with E-state index in [9.17, 15) is 10.1 Å². The lowest BCUT2D eigenvalue weighted by Gasteiger charge is -2.29. The minimum atomic E-state index is -0.426. The van der Waals surface area contributed by atoms with E-state index in [0.717, 1.165) is 6.42 Å². The Morgan fingerprint density at radius 2 is 2.12 bits per heavy atom. The van der Waals surface area contributed by atoms with Crippen LogP contribution in [0.5, 0.6) is 0 Å². The van der Waals surface area contributed by atoms with Gasteiger partial charge < -0.3 is 15.0 Å². The number of nitro groups is 1. The number of methoxy groups -OCH3 is 1. The first-order valence-electron chi connectivity index (χ1n) is 7.74. The van der Waals surface area contributed by atoms with Crippen molar-refractivity contribution in [1.29, 1.82) is 0 Å². The lowest BCUT2D eigenvalue weighted by atomic mass is 10.00. The zero-order chi connectivity index (χ0) is 16.9. The van der Waals surface area contributed by atoms with Gasteiger partial charge in [-0.3, -0.25) is 10.1 Å². The van der Waals surface area contributed by atoms with Gasteiger partial charge in [-0.15, -0.1) is 0 Å². The molecule has 1 N–H and O–H groups in total. The van der Waals surface area contributed by atoms with Gasteiger partial charge in [0, 0.05) is 26.7 Å². The van der Waals surface area contributed by atoms with Crippen LogP contribution in [0, 0.1) is 10.1 Å². The monoisotopic (exact) mass is 329 g/mol. The molecule has 1 aliphatic rings. The molecule has 2 aromatic rings. The molecule has 0 bridgehead atoms. The molecule has 1 aromatic carbocycles. The van der Waals surface area contributed by atoms with Crippen molar-refractivity contribution in [3.8, 4) is 0 Å². The van der Waals surface area contributed by atoms with Crippen LogP contribution in [-0.4, -0.2) is 41.7 Å². The van der Waals surface area contributed by atoms with E-state index < -0.39 is 4.92 Å². The minimum Gasteiger partial charge on any atom is -0.383 e. The average molecular weight is 329 g/mol. The zero-order valence-electron chi connectivity index (χ0n) is 13.4. The van der Waals surface area contributed by atoms with Crippen LogP contribution in [0.3, 0.4) is 0 Å². The van der Waals surface area contributed by atoms with Crippen LogP contribution in [0.1, 0.15) is 11.1 Å². The van der Waals surface area contributed by atoms with E-state index in [4.69, 9.17) is 4.74 Å². The van der Waals surface area contributed by atoms with Crippen molar-refractivity contribution in [3.05, 3.63) is 51.8 Å². The quantitative estimate of drug-likeness (QED) is 0.492. The summed E-state index contributed by atoms with van der Waals surface area (Å²) in [4.78, 5) is 21.3. The Bertz CT molecular complexity index is 737. The fraction of sp³-hybridized carbons (Fsp3) is 0.375. The Kier molecular flexibility index (Phi) is 4.85. The first-order valence-corrected chi connectivity index (χ1v) is 7.74. The summed E-state index contributed by atoms with van der Waals surface area (Å²) in [5.41, 5.74) is 2.36. The second-order valence-electron chi connectivity index (χ2n) is 5.51. The number of aromatic nitrogens is 2. The summed E-state index contributed by atoms with van der Waals surface area (Å²) in [5.74, 6) is 0.574. The molecule has 1 aromatic heterocycles. The standard InChI is InChI=1S/C16H19N5O3/c1-24-9-7-17-15-14(21(22)23)16(19-11-18-15)20-8-6-12-4-2-3-5-13(12)10-20/h2-5,11H,6-10H2,1H3,(H,17,18,19). The van der Waals surface area contributed by atoms with Gasteiger partial charge in [0.2, 0.25) is 11.6 Å². The zero-order valence-corrected chi connectivity index (χ0v) is 13.4. The summed E-state index contributed by atoms with van der Waals surface area (Å²) in [5, 5.41) is 14.5. The van der Waals surface area contributed by atoms with Gasteiger partial charge in [0.05, 0.1) is 11.5 Å². The molecule has 0 aliphatic carbocycles. The van der Waals surface area contributed by atoms with Crippen LogP contribution in [0.15, 0.2) is 30.6 Å². The summed E-state index contributed by atoms with van der Waals surface area (Å²) in [6.45, 7) is 2.17. The van der Waals surface area contributed by atoms with Gasteiger partial charge in [0.25, 0.3) is 0 Å². The number of ether oxygens (including phenoxy) is 1. The average Bonchev–Trinajstić information content (AvgIpc) is 2.61. The smallest absolute Gasteiger partial charge is 0.353 e. The molecular formula is C16H19N5O3. The first-order chi connectivity index (χ1) is 11.7. The molecule has 2 heterocycles. The van der Waals surface area contributed by atoms with Gasteiger partial charge in [0.1, 0.15) is 6.33 Å². The summed E-state index contributed by atoms with van der Waals surface area (Å²) < 4.78 is 4.96. The summed E-state index contributed by atoms with van der Waals surface area (Å²) in [6.07, 6.45) is 2.20. The van der Waals surface area contributed by atoms with Gasteiger partial charge in [0.15, 0.2) is 0 Å². The highest BCUT2D eigenvalue weighted by Gasteiger charge is 2.28. The van der Waals surface area contributed by atoms with Gasteiger partial charge >= 0.3 is 5.69 Å². The van der Waals surface area contributed by atoms with E-state index in [1.165, 1.54) is 17.5 Å². The number of nitrogens with one attached hydrogen (secondary N) is 1. The second kappa shape index (κ2) is 7.22. The number of fused-ring (bicyclic) bond motifs is 1. The van der Waals surface area contributed by atoms with Crippen molar-refractivity contribution < 1.29 is 9.66 Å².